The number of nitrogens with zero attached hydrogens (tertiary/aromatic N) is 5. The van der Waals surface area contributed by atoms with Crippen LogP contribution in [0.1, 0.15) is 57.2 Å². The summed E-state index contributed by atoms with van der Waals surface area (Å²) >= 11 is 0. The van der Waals surface area contributed by atoms with E-state index < -0.39 is 29.6 Å². The molecular formula is C43H53N7O9. The van der Waals surface area contributed by atoms with E-state index in [1.54, 1.807) is 33.0 Å². The summed E-state index contributed by atoms with van der Waals surface area (Å²) < 4.78 is 27.5. The Kier molecular flexibility index (Phi) is 17.9. The third kappa shape index (κ3) is 15.2. The highest BCUT2D eigenvalue weighted by Crippen LogP contribution is 2.35. The molecule has 1 heterocycles. The SMILES string of the molecule is COC(=O)C[C@H](NC(=O)CNC(=O)CCCN(C(=O)OC(C)(C)C)c1cc(C)ccn1)c1ccc(-c2ccc(OCCOCCOCCN=[N+]=[N-])c3ccccc23)cc1. The molecule has 1 aromatic heterocycles. The number of azide groups is 1. The quantitative estimate of drug-likeness (QED) is 0.0274. The molecule has 0 aliphatic carbocycles. The molecule has 4 aromatic rings. The first-order chi connectivity index (χ1) is 28.4. The molecule has 0 saturated heterocycles. The number of hydrogen-bond donors (Lipinski definition) is 2. The van der Waals surface area contributed by atoms with Gasteiger partial charge in [0.2, 0.25) is 11.8 Å². The Morgan fingerprint density at radius 3 is 2.31 bits per heavy atom. The molecule has 59 heavy (non-hydrogen) atoms. The van der Waals surface area contributed by atoms with Gasteiger partial charge in [-0.15, -0.1) is 0 Å². The number of aryl methyl sites for hydroxylation is 1. The lowest BCUT2D eigenvalue weighted by atomic mass is 9.95. The number of aromatic nitrogens is 1. The molecule has 0 aliphatic rings. The lowest BCUT2D eigenvalue weighted by Crippen LogP contribution is -2.40. The number of esters is 1. The van der Waals surface area contributed by atoms with Crippen LogP contribution in [-0.4, -0.2) is 94.2 Å². The third-order valence-electron chi connectivity index (χ3n) is 8.72. The molecule has 2 N–H and O–H groups in total. The number of carbonyl (C=O) groups excluding carboxylic acids is 4. The fourth-order valence-electron chi connectivity index (χ4n) is 5.92. The fourth-order valence-corrected chi connectivity index (χ4v) is 5.92. The van der Waals surface area contributed by atoms with E-state index in [2.05, 4.69) is 25.6 Å². The largest absolute Gasteiger partial charge is 0.491 e. The topological polar surface area (TPSA) is 203 Å². The summed E-state index contributed by atoms with van der Waals surface area (Å²) in [5.74, 6) is -0.250. The zero-order chi connectivity index (χ0) is 42.6. The molecule has 0 radical (unpaired) electrons. The monoisotopic (exact) mass is 811 g/mol. The number of amides is 3. The average Bonchev–Trinajstić information content (AvgIpc) is 3.21. The summed E-state index contributed by atoms with van der Waals surface area (Å²) in [6, 6.07) is 22.2. The van der Waals surface area contributed by atoms with Crippen LogP contribution in [-0.2, 0) is 33.3 Å². The number of anilines is 1. The van der Waals surface area contributed by atoms with Crippen molar-refractivity contribution in [3.8, 4) is 16.9 Å². The Balaban J connectivity index is 1.33. The second kappa shape index (κ2) is 23.3. The number of hydrogen-bond acceptors (Lipinski definition) is 11. The van der Waals surface area contributed by atoms with Crippen molar-refractivity contribution < 1.29 is 42.9 Å². The molecule has 0 unspecified atom stereocenters. The first-order valence-corrected chi connectivity index (χ1v) is 19.4. The molecule has 0 aliphatic heterocycles. The third-order valence-corrected chi connectivity index (χ3v) is 8.72. The van der Waals surface area contributed by atoms with E-state index in [9.17, 15) is 19.2 Å². The number of ether oxygens (including phenoxy) is 5. The highest BCUT2D eigenvalue weighted by molar-refractivity contribution is 6.00. The van der Waals surface area contributed by atoms with Crippen LogP contribution in [0.15, 0.2) is 84.1 Å². The van der Waals surface area contributed by atoms with Gasteiger partial charge >= 0.3 is 12.1 Å². The van der Waals surface area contributed by atoms with Crippen molar-refractivity contribution >= 4 is 40.5 Å². The molecule has 0 fully saturated rings. The summed E-state index contributed by atoms with van der Waals surface area (Å²) in [4.78, 5) is 59.6. The number of benzene rings is 3. The van der Waals surface area contributed by atoms with E-state index in [1.165, 1.54) is 12.0 Å². The van der Waals surface area contributed by atoms with Gasteiger partial charge in [0, 0.05) is 36.0 Å². The van der Waals surface area contributed by atoms with E-state index in [1.807, 2.05) is 73.7 Å². The molecule has 3 amide bonds. The number of methoxy groups -OCH3 is 1. The number of fused-ring (bicyclic) bond motifs is 1. The minimum Gasteiger partial charge on any atom is -0.491 e. The summed E-state index contributed by atoms with van der Waals surface area (Å²) in [5.41, 5.74) is 11.1. The molecule has 1 atom stereocenters. The minimum atomic E-state index is -0.720. The van der Waals surface area contributed by atoms with E-state index >= 15 is 0 Å². The van der Waals surface area contributed by atoms with Gasteiger partial charge in [0.1, 0.15) is 23.8 Å². The summed E-state index contributed by atoms with van der Waals surface area (Å²) in [6.45, 7) is 9.18. The molecule has 4 rings (SSSR count). The van der Waals surface area contributed by atoms with Crippen molar-refractivity contribution in [3.05, 3.63) is 101 Å². The molecule has 3 aromatic carbocycles. The van der Waals surface area contributed by atoms with Crippen LogP contribution in [0.4, 0.5) is 10.6 Å². The maximum Gasteiger partial charge on any atom is 0.416 e. The van der Waals surface area contributed by atoms with Gasteiger partial charge in [-0.1, -0.05) is 59.7 Å². The van der Waals surface area contributed by atoms with Crippen LogP contribution >= 0.6 is 0 Å². The molecular weight excluding hydrogens is 759 g/mol. The predicted molar refractivity (Wildman–Crippen MR) is 223 cm³/mol. The van der Waals surface area contributed by atoms with Crippen molar-refractivity contribution in [1.82, 2.24) is 15.6 Å². The van der Waals surface area contributed by atoms with Gasteiger partial charge in [0.15, 0.2) is 0 Å². The van der Waals surface area contributed by atoms with Crippen LogP contribution < -0.4 is 20.3 Å². The smallest absolute Gasteiger partial charge is 0.416 e. The van der Waals surface area contributed by atoms with Crippen molar-refractivity contribution in [2.75, 3.05) is 64.7 Å². The summed E-state index contributed by atoms with van der Waals surface area (Å²) in [7, 11) is 1.28. The van der Waals surface area contributed by atoms with Gasteiger partial charge in [0.05, 0.1) is 52.5 Å². The van der Waals surface area contributed by atoms with E-state index in [4.69, 9.17) is 29.2 Å². The molecule has 314 valence electrons. The zero-order valence-electron chi connectivity index (χ0n) is 34.3. The van der Waals surface area contributed by atoms with Gasteiger partial charge < -0.3 is 34.3 Å². The van der Waals surface area contributed by atoms with Crippen molar-refractivity contribution in [2.45, 2.75) is 58.6 Å². The first kappa shape index (κ1) is 45.5. The van der Waals surface area contributed by atoms with Crippen LogP contribution in [0.2, 0.25) is 0 Å². The maximum atomic E-state index is 13.1. The normalized spacial score (nSPS) is 11.5. The number of carbonyl (C=O) groups is 4. The molecule has 0 bridgehead atoms. The minimum absolute atomic E-state index is 0.0423. The Bertz CT molecular complexity index is 2060. The first-order valence-electron chi connectivity index (χ1n) is 19.4. The Labute approximate surface area is 344 Å². The highest BCUT2D eigenvalue weighted by atomic mass is 16.6. The van der Waals surface area contributed by atoms with Crippen molar-refractivity contribution in [1.29, 1.82) is 0 Å². The average molecular weight is 812 g/mol. The van der Waals surface area contributed by atoms with Gasteiger partial charge in [0.25, 0.3) is 0 Å². The van der Waals surface area contributed by atoms with E-state index in [0.717, 1.165) is 27.5 Å². The lowest BCUT2D eigenvalue weighted by molar-refractivity contribution is -0.141. The van der Waals surface area contributed by atoms with Gasteiger partial charge in [-0.2, -0.15) is 0 Å². The molecule has 16 nitrogen and oxygen atoms in total. The van der Waals surface area contributed by atoms with Gasteiger partial charge in [-0.25, -0.2) is 9.78 Å². The van der Waals surface area contributed by atoms with Crippen molar-refractivity contribution in [2.24, 2.45) is 5.11 Å². The van der Waals surface area contributed by atoms with Gasteiger partial charge in [-0.3, -0.25) is 19.3 Å². The number of nitrogens with one attached hydrogen (secondary N) is 2. The van der Waals surface area contributed by atoms with Crippen LogP contribution in [0.3, 0.4) is 0 Å². The van der Waals surface area contributed by atoms with Crippen LogP contribution in [0.5, 0.6) is 5.75 Å². The zero-order valence-corrected chi connectivity index (χ0v) is 34.3. The summed E-state index contributed by atoms with van der Waals surface area (Å²) in [5, 5.41) is 10.8. The maximum absolute atomic E-state index is 13.1. The fraction of sp³-hybridized carbons (Fsp3) is 0.419. The van der Waals surface area contributed by atoms with E-state index in [0.29, 0.717) is 56.6 Å². The van der Waals surface area contributed by atoms with Crippen LogP contribution in [0.25, 0.3) is 32.3 Å². The second-order valence-corrected chi connectivity index (χ2v) is 14.4. The Morgan fingerprint density at radius 1 is 0.898 bits per heavy atom. The summed E-state index contributed by atoms with van der Waals surface area (Å²) in [6.07, 6.45) is 1.24. The predicted octanol–water partition coefficient (Wildman–Crippen LogP) is 6.99. The van der Waals surface area contributed by atoms with Crippen LogP contribution in [0, 0.1) is 6.92 Å². The second-order valence-electron chi connectivity index (χ2n) is 14.4. The number of pyridine rings is 1. The molecule has 0 spiro atoms. The standard InChI is InChI=1S/C43H53N7O9/c1-30-18-19-45-38(27-30)50(42(54)59-43(2,3)4)21-8-11-39(51)46-29-40(52)48-36(28-41(53)55-5)32-14-12-31(13-15-32)33-16-17-37(35-10-7-6-9-34(33)35)58-26-25-57-24-23-56-22-20-47-49-44/h6-7,9-10,12-19,27,36H,8,11,20-26,28-29H2,1-5H3,(H,46,51)(H,48,52)/t36-/m0/s1. The van der Waals surface area contributed by atoms with Gasteiger partial charge in [-0.05, 0) is 85.5 Å². The Morgan fingerprint density at radius 2 is 1.61 bits per heavy atom. The number of rotatable bonds is 22. The lowest BCUT2D eigenvalue weighted by Gasteiger charge is -2.27. The van der Waals surface area contributed by atoms with Crippen molar-refractivity contribution in [3.63, 3.8) is 0 Å². The molecule has 16 heteroatoms. The van der Waals surface area contributed by atoms with E-state index in [-0.39, 0.29) is 38.4 Å². The molecule has 0 saturated carbocycles. The Hall–Kier alpha value is -6.22. The highest BCUT2D eigenvalue weighted by Gasteiger charge is 2.25.